The Bertz CT molecular complexity index is 1070. The number of pyridine rings is 3. The normalized spacial score (nSPS) is 11.0. The number of rotatable bonds is 4. The zero-order chi connectivity index (χ0) is 18.1. The van der Waals surface area contributed by atoms with Gasteiger partial charge in [-0.05, 0) is 43.2 Å². The van der Waals surface area contributed by atoms with E-state index in [9.17, 15) is 4.39 Å². The molecule has 0 spiro atoms. The number of aromatic nitrogens is 4. The lowest BCUT2D eigenvalue weighted by Gasteiger charge is -2.11. The molecular formula is C20H17FN5. The predicted octanol–water partition coefficient (Wildman–Crippen LogP) is 4.57. The molecule has 5 nitrogen and oxygen atoms in total. The van der Waals surface area contributed by atoms with Crippen LogP contribution in [0.3, 0.4) is 0 Å². The van der Waals surface area contributed by atoms with Crippen LogP contribution < -0.4 is 5.32 Å². The molecule has 0 aromatic carbocycles. The largest absolute Gasteiger partial charge is 0.345 e. The summed E-state index contributed by atoms with van der Waals surface area (Å²) < 4.78 is 14.8. The Hall–Kier alpha value is -3.28. The molecule has 0 amide bonds. The van der Waals surface area contributed by atoms with E-state index in [1.807, 2.05) is 26.0 Å². The van der Waals surface area contributed by atoms with E-state index in [-0.39, 0.29) is 0 Å². The second-order valence-corrected chi connectivity index (χ2v) is 6.02. The van der Waals surface area contributed by atoms with Gasteiger partial charge in [0, 0.05) is 40.7 Å². The molecule has 0 saturated heterocycles. The van der Waals surface area contributed by atoms with Crippen molar-refractivity contribution in [2.45, 2.75) is 20.3 Å². The Labute approximate surface area is 150 Å². The maximum atomic E-state index is 14.8. The zero-order valence-electron chi connectivity index (χ0n) is 14.5. The number of nitrogens with zero attached hydrogens (tertiary/aromatic N) is 3. The Morgan fingerprint density at radius 1 is 1.15 bits per heavy atom. The van der Waals surface area contributed by atoms with Crippen LogP contribution in [-0.4, -0.2) is 19.9 Å². The standard InChI is InChI=1S/C20H17FN5/c1-3-13-4-5-14(11-23-13)25-17-7-6-15(19(21)26-17)18-12(2)10-24-20-16(18)8-9-22-20/h4-7,9-11H,3H2,1-2H3,(H,22,24)(H,25,26). The number of fused-ring (bicyclic) bond motifs is 1. The van der Waals surface area contributed by atoms with Crippen LogP contribution in [0.25, 0.3) is 22.2 Å². The van der Waals surface area contributed by atoms with Crippen LogP contribution in [0.2, 0.25) is 0 Å². The molecule has 0 aliphatic carbocycles. The second-order valence-electron chi connectivity index (χ2n) is 6.02. The molecule has 0 bridgehead atoms. The topological polar surface area (TPSA) is 66.5 Å². The van der Waals surface area contributed by atoms with E-state index in [0.29, 0.717) is 17.0 Å². The molecule has 4 aromatic rings. The van der Waals surface area contributed by atoms with Gasteiger partial charge in [-0.3, -0.25) is 4.98 Å². The van der Waals surface area contributed by atoms with Crippen LogP contribution in [0.4, 0.5) is 15.9 Å². The maximum absolute atomic E-state index is 14.8. The number of hydrogen-bond donors (Lipinski definition) is 2. The Morgan fingerprint density at radius 2 is 2.04 bits per heavy atom. The number of aryl methyl sites for hydroxylation is 2. The van der Waals surface area contributed by atoms with Crippen molar-refractivity contribution in [3.05, 3.63) is 66.1 Å². The fraction of sp³-hybridized carbons (Fsp3) is 0.150. The minimum Gasteiger partial charge on any atom is -0.345 e. The molecule has 0 fully saturated rings. The summed E-state index contributed by atoms with van der Waals surface area (Å²) in [6, 6.07) is 10.4. The van der Waals surface area contributed by atoms with Gasteiger partial charge in [-0.1, -0.05) is 6.92 Å². The summed E-state index contributed by atoms with van der Waals surface area (Å²) in [7, 11) is 0. The third-order valence-electron chi connectivity index (χ3n) is 4.27. The van der Waals surface area contributed by atoms with Crippen molar-refractivity contribution < 1.29 is 4.39 Å². The van der Waals surface area contributed by atoms with Gasteiger partial charge in [0.15, 0.2) is 0 Å². The molecule has 26 heavy (non-hydrogen) atoms. The van der Waals surface area contributed by atoms with Crippen LogP contribution >= 0.6 is 0 Å². The molecule has 2 N–H and O–H groups in total. The summed E-state index contributed by atoms with van der Waals surface area (Å²) in [5.74, 6) is -0.114. The third kappa shape index (κ3) is 2.90. The van der Waals surface area contributed by atoms with E-state index in [1.165, 1.54) is 0 Å². The van der Waals surface area contributed by atoms with Crippen molar-refractivity contribution >= 4 is 22.5 Å². The first kappa shape index (κ1) is 16.2. The molecule has 4 heterocycles. The van der Waals surface area contributed by atoms with E-state index in [4.69, 9.17) is 0 Å². The highest BCUT2D eigenvalue weighted by Crippen LogP contribution is 2.32. The van der Waals surface area contributed by atoms with Gasteiger partial charge in [0.1, 0.15) is 11.5 Å². The highest BCUT2D eigenvalue weighted by molar-refractivity contribution is 5.94. The van der Waals surface area contributed by atoms with Crippen molar-refractivity contribution in [1.82, 2.24) is 19.9 Å². The lowest BCUT2D eigenvalue weighted by molar-refractivity contribution is 0.589. The Balaban J connectivity index is 1.69. The minimum absolute atomic E-state index is 0.427. The molecule has 4 rings (SSSR count). The van der Waals surface area contributed by atoms with Crippen LogP contribution in [0.5, 0.6) is 0 Å². The summed E-state index contributed by atoms with van der Waals surface area (Å²) >= 11 is 0. The summed E-state index contributed by atoms with van der Waals surface area (Å²) in [5.41, 5.74) is 4.49. The van der Waals surface area contributed by atoms with Crippen molar-refractivity contribution in [3.8, 4) is 11.1 Å². The molecular weight excluding hydrogens is 329 g/mol. The molecule has 0 atom stereocenters. The summed E-state index contributed by atoms with van der Waals surface area (Å²) in [6.07, 6.45) is 5.98. The summed E-state index contributed by atoms with van der Waals surface area (Å²) in [6.45, 7) is 3.94. The second kappa shape index (κ2) is 6.55. The highest BCUT2D eigenvalue weighted by atomic mass is 19.1. The lowest BCUT2D eigenvalue weighted by atomic mass is 10.0. The average Bonchev–Trinajstić information content (AvgIpc) is 3.12. The number of anilines is 2. The molecule has 0 unspecified atom stereocenters. The maximum Gasteiger partial charge on any atom is 0.222 e. The smallest absolute Gasteiger partial charge is 0.222 e. The van der Waals surface area contributed by atoms with Crippen LogP contribution in [-0.2, 0) is 6.42 Å². The Kier molecular flexibility index (Phi) is 4.08. The monoisotopic (exact) mass is 346 g/mol. The van der Waals surface area contributed by atoms with Gasteiger partial charge in [-0.25, -0.2) is 9.97 Å². The molecule has 0 aliphatic rings. The fourth-order valence-electron chi connectivity index (χ4n) is 2.93. The Morgan fingerprint density at radius 3 is 2.77 bits per heavy atom. The van der Waals surface area contributed by atoms with E-state index in [2.05, 4.69) is 31.3 Å². The third-order valence-corrected chi connectivity index (χ3v) is 4.27. The molecule has 6 heteroatoms. The van der Waals surface area contributed by atoms with Crippen molar-refractivity contribution in [1.29, 1.82) is 0 Å². The van der Waals surface area contributed by atoms with Gasteiger partial charge in [0.05, 0.1) is 11.9 Å². The molecule has 129 valence electrons. The number of H-pyrrole nitrogens is 1. The van der Waals surface area contributed by atoms with Gasteiger partial charge in [-0.15, -0.1) is 0 Å². The molecule has 4 aromatic heterocycles. The quantitative estimate of drug-likeness (QED) is 0.531. The zero-order valence-corrected chi connectivity index (χ0v) is 14.5. The van der Waals surface area contributed by atoms with Crippen molar-refractivity contribution in [2.75, 3.05) is 5.32 Å². The van der Waals surface area contributed by atoms with E-state index in [1.54, 1.807) is 30.7 Å². The van der Waals surface area contributed by atoms with E-state index >= 15 is 0 Å². The first-order valence-corrected chi connectivity index (χ1v) is 8.39. The minimum atomic E-state index is -0.543. The van der Waals surface area contributed by atoms with Gasteiger partial charge >= 0.3 is 0 Å². The highest BCUT2D eigenvalue weighted by Gasteiger charge is 2.15. The SMILES string of the molecule is CCc1ccc(Nc2ccc(-c3c(C)cnc4[nH]c[c]c34)c(F)n2)cn1. The van der Waals surface area contributed by atoms with E-state index < -0.39 is 5.95 Å². The number of nitrogens with one attached hydrogen (secondary N) is 2. The van der Waals surface area contributed by atoms with Crippen LogP contribution in [0.1, 0.15) is 18.2 Å². The molecule has 1 radical (unpaired) electrons. The average molecular weight is 346 g/mol. The van der Waals surface area contributed by atoms with Crippen LogP contribution in [0.15, 0.2) is 42.9 Å². The first-order chi connectivity index (χ1) is 12.7. The summed E-state index contributed by atoms with van der Waals surface area (Å²) in [4.78, 5) is 15.7. The van der Waals surface area contributed by atoms with E-state index in [0.717, 1.165) is 34.3 Å². The lowest BCUT2D eigenvalue weighted by Crippen LogP contribution is -1.99. The predicted molar refractivity (Wildman–Crippen MR) is 99.8 cm³/mol. The van der Waals surface area contributed by atoms with Gasteiger partial charge in [0.2, 0.25) is 5.95 Å². The van der Waals surface area contributed by atoms with Crippen LogP contribution in [0, 0.1) is 18.9 Å². The first-order valence-electron chi connectivity index (χ1n) is 8.39. The summed E-state index contributed by atoms with van der Waals surface area (Å²) in [5, 5.41) is 3.84. The fourth-order valence-corrected chi connectivity index (χ4v) is 2.93. The van der Waals surface area contributed by atoms with Gasteiger partial charge in [-0.2, -0.15) is 4.39 Å². The van der Waals surface area contributed by atoms with Gasteiger partial charge < -0.3 is 10.3 Å². The molecule has 0 aliphatic heterocycles. The number of aromatic amines is 1. The van der Waals surface area contributed by atoms with Gasteiger partial charge in [0.25, 0.3) is 0 Å². The van der Waals surface area contributed by atoms with Crippen molar-refractivity contribution in [2.24, 2.45) is 0 Å². The molecule has 0 saturated carbocycles. The number of halogens is 1. The van der Waals surface area contributed by atoms with Crippen molar-refractivity contribution in [3.63, 3.8) is 0 Å². The number of hydrogen-bond acceptors (Lipinski definition) is 4.